The van der Waals surface area contributed by atoms with Crippen LogP contribution in [-0.4, -0.2) is 30.2 Å². The molecule has 0 spiro atoms. The van der Waals surface area contributed by atoms with E-state index in [1.807, 2.05) is 0 Å². The summed E-state index contributed by atoms with van der Waals surface area (Å²) in [5, 5.41) is 8.50. The Morgan fingerprint density at radius 2 is 2.06 bits per heavy atom. The van der Waals surface area contributed by atoms with Crippen molar-refractivity contribution in [3.63, 3.8) is 0 Å². The number of ketones is 1. The SMILES string of the molecule is COc1ccc(C(=O)C(=O)O)c(F)c1SC. The predicted molar refractivity (Wildman–Crippen MR) is 56.7 cm³/mol. The number of Topliss-reactive ketones (excluding diaryl/α,β-unsaturated/α-hetero) is 1. The van der Waals surface area contributed by atoms with Gasteiger partial charge in [0, 0.05) is 0 Å². The van der Waals surface area contributed by atoms with E-state index < -0.39 is 23.1 Å². The van der Waals surface area contributed by atoms with Crippen LogP contribution < -0.4 is 4.74 Å². The first kappa shape index (κ1) is 12.5. The zero-order valence-corrected chi connectivity index (χ0v) is 9.43. The van der Waals surface area contributed by atoms with Crippen LogP contribution >= 0.6 is 11.8 Å². The number of thioether (sulfide) groups is 1. The monoisotopic (exact) mass is 244 g/mol. The van der Waals surface area contributed by atoms with E-state index in [1.54, 1.807) is 6.26 Å². The Kier molecular flexibility index (Phi) is 3.89. The van der Waals surface area contributed by atoms with Crippen molar-refractivity contribution in [1.29, 1.82) is 0 Å². The van der Waals surface area contributed by atoms with Crippen molar-refractivity contribution in [2.45, 2.75) is 4.90 Å². The number of hydrogen-bond donors (Lipinski definition) is 1. The lowest BCUT2D eigenvalue weighted by Gasteiger charge is -2.09. The van der Waals surface area contributed by atoms with Gasteiger partial charge in [0.2, 0.25) is 0 Å². The molecule has 1 rings (SSSR count). The Bertz CT molecular complexity index is 445. The zero-order valence-electron chi connectivity index (χ0n) is 8.61. The number of methoxy groups -OCH3 is 1. The van der Waals surface area contributed by atoms with E-state index in [4.69, 9.17) is 9.84 Å². The summed E-state index contributed by atoms with van der Waals surface area (Å²) in [5.41, 5.74) is -0.461. The van der Waals surface area contributed by atoms with E-state index in [-0.39, 0.29) is 10.6 Å². The van der Waals surface area contributed by atoms with Crippen molar-refractivity contribution in [2.24, 2.45) is 0 Å². The molecule has 4 nitrogen and oxygen atoms in total. The van der Waals surface area contributed by atoms with Gasteiger partial charge in [-0.1, -0.05) is 0 Å². The molecule has 0 fully saturated rings. The number of carbonyl (C=O) groups is 2. The highest BCUT2D eigenvalue weighted by Gasteiger charge is 2.22. The van der Waals surface area contributed by atoms with E-state index in [1.165, 1.54) is 13.2 Å². The van der Waals surface area contributed by atoms with Gasteiger partial charge in [0.25, 0.3) is 5.78 Å². The molecule has 1 N–H and O–H groups in total. The summed E-state index contributed by atoms with van der Waals surface area (Å²) in [6.45, 7) is 0. The molecule has 0 amide bonds. The van der Waals surface area contributed by atoms with Gasteiger partial charge in [-0.05, 0) is 18.4 Å². The second kappa shape index (κ2) is 4.98. The molecule has 0 radical (unpaired) electrons. The fraction of sp³-hybridized carbons (Fsp3) is 0.200. The molecule has 0 saturated heterocycles. The number of aliphatic carboxylic acids is 1. The molecule has 0 bridgehead atoms. The quantitative estimate of drug-likeness (QED) is 0.497. The summed E-state index contributed by atoms with van der Waals surface area (Å²) in [6.07, 6.45) is 1.61. The van der Waals surface area contributed by atoms with Crippen LogP contribution in [0.2, 0.25) is 0 Å². The van der Waals surface area contributed by atoms with Crippen LogP contribution in [0.3, 0.4) is 0 Å². The Morgan fingerprint density at radius 1 is 1.44 bits per heavy atom. The van der Waals surface area contributed by atoms with Crippen molar-refractivity contribution in [2.75, 3.05) is 13.4 Å². The maximum atomic E-state index is 13.7. The van der Waals surface area contributed by atoms with Crippen LogP contribution in [0.15, 0.2) is 17.0 Å². The fourth-order valence-electron chi connectivity index (χ4n) is 1.18. The predicted octanol–water partition coefficient (Wildman–Crippen LogP) is 1.82. The number of hydrogen-bond acceptors (Lipinski definition) is 4. The molecule has 0 heterocycles. The molecule has 16 heavy (non-hydrogen) atoms. The zero-order chi connectivity index (χ0) is 12.3. The van der Waals surface area contributed by atoms with Crippen molar-refractivity contribution in [3.8, 4) is 5.75 Å². The molecule has 0 aliphatic carbocycles. The minimum atomic E-state index is -1.68. The van der Waals surface area contributed by atoms with E-state index in [9.17, 15) is 14.0 Å². The summed E-state index contributed by atoms with van der Waals surface area (Å²) in [4.78, 5) is 21.7. The minimum absolute atomic E-state index is 0.120. The number of benzene rings is 1. The van der Waals surface area contributed by atoms with Crippen LogP contribution in [0.4, 0.5) is 4.39 Å². The number of ether oxygens (including phenoxy) is 1. The van der Waals surface area contributed by atoms with Gasteiger partial charge in [0.1, 0.15) is 5.75 Å². The van der Waals surface area contributed by atoms with Crippen LogP contribution in [0.1, 0.15) is 10.4 Å². The van der Waals surface area contributed by atoms with Crippen molar-refractivity contribution < 1.29 is 23.8 Å². The summed E-state index contributed by atoms with van der Waals surface area (Å²) < 4.78 is 18.6. The molecule has 0 aromatic heterocycles. The Balaban J connectivity index is 3.34. The topological polar surface area (TPSA) is 63.6 Å². The second-order valence-corrected chi connectivity index (χ2v) is 3.61. The van der Waals surface area contributed by atoms with Gasteiger partial charge in [0.05, 0.1) is 17.6 Å². The molecule has 0 saturated carbocycles. The molecule has 1 aromatic rings. The number of carboxylic acid groups (broad SMARTS) is 1. The van der Waals surface area contributed by atoms with E-state index >= 15 is 0 Å². The lowest BCUT2D eigenvalue weighted by molar-refractivity contribution is -0.131. The third-order valence-electron chi connectivity index (χ3n) is 1.92. The smallest absolute Gasteiger partial charge is 0.377 e. The molecule has 6 heteroatoms. The first-order valence-electron chi connectivity index (χ1n) is 4.21. The van der Waals surface area contributed by atoms with Gasteiger partial charge in [0.15, 0.2) is 5.82 Å². The van der Waals surface area contributed by atoms with Gasteiger partial charge in [-0.15, -0.1) is 11.8 Å². The standard InChI is InChI=1S/C10H9FO4S/c1-15-6-4-3-5(8(12)10(13)14)7(11)9(6)16-2/h3-4H,1-2H3,(H,13,14). The fourth-order valence-corrected chi connectivity index (χ4v) is 1.82. The van der Waals surface area contributed by atoms with Gasteiger partial charge >= 0.3 is 5.97 Å². The van der Waals surface area contributed by atoms with E-state index in [0.717, 1.165) is 17.8 Å². The number of rotatable bonds is 4. The average molecular weight is 244 g/mol. The summed E-state index contributed by atoms with van der Waals surface area (Å²) in [6, 6.07) is 2.47. The lowest BCUT2D eigenvalue weighted by atomic mass is 10.1. The van der Waals surface area contributed by atoms with Crippen molar-refractivity contribution >= 4 is 23.5 Å². The summed E-state index contributed by atoms with van der Waals surface area (Å²) in [5.74, 6) is -3.54. The normalized spacial score (nSPS) is 9.94. The van der Waals surface area contributed by atoms with Crippen LogP contribution in [0, 0.1) is 5.82 Å². The van der Waals surface area contributed by atoms with Gasteiger partial charge in [-0.2, -0.15) is 0 Å². The Hall–Kier alpha value is -1.56. The molecule has 0 aliphatic heterocycles. The largest absolute Gasteiger partial charge is 0.495 e. The van der Waals surface area contributed by atoms with Crippen LogP contribution in [0.5, 0.6) is 5.75 Å². The maximum absolute atomic E-state index is 13.7. The molecule has 86 valence electrons. The van der Waals surface area contributed by atoms with Crippen molar-refractivity contribution in [1.82, 2.24) is 0 Å². The molecular weight excluding hydrogens is 235 g/mol. The van der Waals surface area contributed by atoms with Crippen LogP contribution in [-0.2, 0) is 4.79 Å². The highest BCUT2D eigenvalue weighted by Crippen LogP contribution is 2.32. The third-order valence-corrected chi connectivity index (χ3v) is 2.71. The van der Waals surface area contributed by atoms with Gasteiger partial charge in [-0.25, -0.2) is 9.18 Å². The van der Waals surface area contributed by atoms with E-state index in [0.29, 0.717) is 0 Å². The van der Waals surface area contributed by atoms with Gasteiger partial charge < -0.3 is 9.84 Å². The van der Waals surface area contributed by atoms with Crippen LogP contribution in [0.25, 0.3) is 0 Å². The third kappa shape index (κ3) is 2.16. The second-order valence-electron chi connectivity index (χ2n) is 2.80. The Morgan fingerprint density at radius 3 is 2.50 bits per heavy atom. The highest BCUT2D eigenvalue weighted by atomic mass is 32.2. The molecule has 0 unspecified atom stereocenters. The minimum Gasteiger partial charge on any atom is -0.495 e. The first-order chi connectivity index (χ1) is 7.52. The lowest BCUT2D eigenvalue weighted by Crippen LogP contribution is -2.15. The van der Waals surface area contributed by atoms with Gasteiger partial charge in [-0.3, -0.25) is 4.79 Å². The number of carboxylic acids is 1. The Labute approximate surface area is 95.4 Å². The average Bonchev–Trinajstić information content (AvgIpc) is 2.27. The first-order valence-corrected chi connectivity index (χ1v) is 5.43. The molecule has 0 atom stereocenters. The molecular formula is C10H9FO4S. The summed E-state index contributed by atoms with van der Waals surface area (Å²) >= 11 is 1.04. The van der Waals surface area contributed by atoms with E-state index in [2.05, 4.69) is 0 Å². The number of carbonyl (C=O) groups excluding carboxylic acids is 1. The summed E-state index contributed by atoms with van der Waals surface area (Å²) in [7, 11) is 1.37. The maximum Gasteiger partial charge on any atom is 0.377 e. The number of halogens is 1. The molecule has 0 aliphatic rings. The molecule has 1 aromatic carbocycles. The van der Waals surface area contributed by atoms with Crippen molar-refractivity contribution in [3.05, 3.63) is 23.5 Å². The highest BCUT2D eigenvalue weighted by molar-refractivity contribution is 7.98.